The van der Waals surface area contributed by atoms with E-state index in [4.69, 9.17) is 5.73 Å². The minimum Gasteiger partial charge on any atom is -0.401 e. The molecule has 1 aliphatic rings. The van der Waals surface area contributed by atoms with Crippen molar-refractivity contribution in [3.05, 3.63) is 66.1 Å². The van der Waals surface area contributed by atoms with E-state index < -0.39 is 0 Å². The van der Waals surface area contributed by atoms with Crippen molar-refractivity contribution in [1.29, 1.82) is 0 Å². The molecule has 6 nitrogen and oxygen atoms in total. The Hall–Kier alpha value is -3.16. The van der Waals surface area contributed by atoms with Crippen molar-refractivity contribution >= 4 is 49.5 Å². The number of aromatic amines is 1. The van der Waals surface area contributed by atoms with Gasteiger partial charge in [-0.15, -0.1) is 11.3 Å². The van der Waals surface area contributed by atoms with Crippen LogP contribution in [-0.2, 0) is 0 Å². The Morgan fingerprint density at radius 2 is 2.09 bits per heavy atom. The number of rotatable bonds is 5. The third-order valence-corrected chi connectivity index (χ3v) is 6.09. The van der Waals surface area contributed by atoms with E-state index in [-0.39, 0.29) is 0 Å². The molecular weight excluding hydrogens is 416 g/mol. The number of fused-ring (bicyclic) bond motifs is 2. The Labute approximate surface area is 192 Å². The van der Waals surface area contributed by atoms with Crippen LogP contribution in [0.4, 0.5) is 11.4 Å². The van der Waals surface area contributed by atoms with E-state index in [9.17, 15) is 0 Å². The van der Waals surface area contributed by atoms with E-state index in [1.54, 1.807) is 11.3 Å². The highest BCUT2D eigenvalue weighted by molar-refractivity contribution is 7.16. The first-order valence-electron chi connectivity index (χ1n) is 10.8. The third kappa shape index (κ3) is 5.36. The van der Waals surface area contributed by atoms with Gasteiger partial charge < -0.3 is 20.9 Å². The van der Waals surface area contributed by atoms with Crippen LogP contribution in [0.2, 0.25) is 0 Å². The number of hydrogen-bond donors (Lipinski definition) is 3. The van der Waals surface area contributed by atoms with E-state index in [0.29, 0.717) is 5.70 Å². The summed E-state index contributed by atoms with van der Waals surface area (Å²) in [5.74, 6) is 0. The molecule has 0 amide bonds. The molecule has 0 atom stereocenters. The summed E-state index contributed by atoms with van der Waals surface area (Å²) in [4.78, 5) is 14.3. The summed E-state index contributed by atoms with van der Waals surface area (Å²) in [5, 5.41) is 4.68. The van der Waals surface area contributed by atoms with Gasteiger partial charge >= 0.3 is 0 Å². The van der Waals surface area contributed by atoms with Crippen LogP contribution in [0, 0.1) is 0 Å². The maximum absolute atomic E-state index is 5.26. The molecular formula is C25H30N6S. The highest BCUT2D eigenvalue weighted by Gasteiger charge is 2.12. The normalized spacial score (nSPS) is 13.7. The Morgan fingerprint density at radius 3 is 2.81 bits per heavy atom. The van der Waals surface area contributed by atoms with E-state index >= 15 is 0 Å². The highest BCUT2D eigenvalue weighted by atomic mass is 32.1. The molecule has 3 aromatic heterocycles. The standard InChI is InChI=1S/C20H18N4S.C5H12N2/c1-2-4-13(5-3-1)18-11-15-16(8-9-21-20(15)24-18)23-14-6-7-17-19(10-14)25-12-22-17;1-5(6)4-7(2)3/h4,6-12H,1-3,5H2,(H2,21,23,24);1,4,6H2,2-3H3. The minimum atomic E-state index is 0.713. The zero-order valence-corrected chi connectivity index (χ0v) is 19.5. The summed E-state index contributed by atoms with van der Waals surface area (Å²) in [6.45, 7) is 4.31. The predicted octanol–water partition coefficient (Wildman–Crippen LogP) is 5.89. The van der Waals surface area contributed by atoms with Crippen molar-refractivity contribution in [2.45, 2.75) is 25.7 Å². The van der Waals surface area contributed by atoms with Crippen LogP contribution in [0.15, 0.2) is 60.4 Å². The summed E-state index contributed by atoms with van der Waals surface area (Å²) in [6, 6.07) is 10.5. The van der Waals surface area contributed by atoms with Crippen LogP contribution in [0.5, 0.6) is 0 Å². The number of nitrogens with one attached hydrogen (secondary N) is 2. The second kappa shape index (κ2) is 9.97. The van der Waals surface area contributed by atoms with Crippen LogP contribution >= 0.6 is 11.3 Å². The highest BCUT2D eigenvalue weighted by Crippen LogP contribution is 2.32. The molecule has 0 radical (unpaired) electrons. The van der Waals surface area contributed by atoms with Crippen molar-refractivity contribution in [3.63, 3.8) is 0 Å². The van der Waals surface area contributed by atoms with Gasteiger partial charge in [-0.25, -0.2) is 9.97 Å². The van der Waals surface area contributed by atoms with Crippen molar-refractivity contribution in [2.75, 3.05) is 26.0 Å². The molecule has 166 valence electrons. The summed E-state index contributed by atoms with van der Waals surface area (Å²) >= 11 is 1.66. The lowest BCUT2D eigenvalue weighted by atomic mass is 9.97. The average molecular weight is 447 g/mol. The average Bonchev–Trinajstić information content (AvgIpc) is 3.41. The molecule has 1 aromatic carbocycles. The number of nitrogens with two attached hydrogens (primary N) is 1. The Morgan fingerprint density at radius 1 is 1.22 bits per heavy atom. The number of pyridine rings is 1. The Bertz CT molecular complexity index is 1250. The second-order valence-corrected chi connectivity index (χ2v) is 9.22. The number of benzene rings is 1. The van der Waals surface area contributed by atoms with Gasteiger partial charge in [0.15, 0.2) is 0 Å². The number of anilines is 2. The van der Waals surface area contributed by atoms with E-state index in [1.807, 2.05) is 36.8 Å². The second-order valence-electron chi connectivity index (χ2n) is 8.33. The lowest BCUT2D eigenvalue weighted by Crippen LogP contribution is -2.18. The molecule has 0 saturated heterocycles. The number of thiazole rings is 1. The van der Waals surface area contributed by atoms with Crippen LogP contribution < -0.4 is 11.1 Å². The first-order chi connectivity index (χ1) is 15.5. The van der Waals surface area contributed by atoms with Crippen LogP contribution in [-0.4, -0.2) is 40.5 Å². The number of H-pyrrole nitrogens is 1. The fourth-order valence-electron chi connectivity index (χ4n) is 3.89. The molecule has 0 fully saturated rings. The van der Waals surface area contributed by atoms with Gasteiger partial charge in [-0.1, -0.05) is 12.7 Å². The van der Waals surface area contributed by atoms with Crippen molar-refractivity contribution in [1.82, 2.24) is 19.9 Å². The zero-order valence-electron chi connectivity index (χ0n) is 18.7. The van der Waals surface area contributed by atoms with Gasteiger partial charge in [0.2, 0.25) is 0 Å². The SMILES string of the molecule is C1=C(c2cc3c(Nc4ccc5ncsc5c4)ccnc3[nH]2)CCCC1.C=C(N)CN(C)C. The van der Waals surface area contributed by atoms with Crippen molar-refractivity contribution in [3.8, 4) is 0 Å². The number of allylic oxidation sites excluding steroid dienone is 2. The molecule has 1 aliphatic carbocycles. The molecule has 0 unspecified atom stereocenters. The molecule has 3 heterocycles. The summed E-state index contributed by atoms with van der Waals surface area (Å²) < 4.78 is 1.19. The number of nitrogens with zero attached hydrogens (tertiary/aromatic N) is 3. The van der Waals surface area contributed by atoms with E-state index in [0.717, 1.165) is 40.9 Å². The maximum atomic E-state index is 5.26. The monoisotopic (exact) mass is 446 g/mol. The first-order valence-corrected chi connectivity index (χ1v) is 11.7. The first kappa shape index (κ1) is 22.0. The Balaban J connectivity index is 0.000000307. The van der Waals surface area contributed by atoms with Gasteiger partial charge in [0.25, 0.3) is 0 Å². The molecule has 7 heteroatoms. The van der Waals surface area contributed by atoms with Crippen LogP contribution in [0.3, 0.4) is 0 Å². The summed E-state index contributed by atoms with van der Waals surface area (Å²) in [7, 11) is 3.91. The quantitative estimate of drug-likeness (QED) is 0.356. The number of likely N-dealkylation sites (N-methyl/N-ethyl adjacent to an activating group) is 1. The predicted molar refractivity (Wildman–Crippen MR) is 137 cm³/mol. The van der Waals surface area contributed by atoms with Gasteiger partial charge in [0, 0.05) is 35.2 Å². The third-order valence-electron chi connectivity index (χ3n) is 5.30. The molecule has 0 bridgehead atoms. The van der Waals surface area contributed by atoms with Gasteiger partial charge in [0.1, 0.15) is 5.65 Å². The summed E-state index contributed by atoms with van der Waals surface area (Å²) in [5.41, 5.74) is 14.6. The zero-order chi connectivity index (χ0) is 22.5. The van der Waals surface area contributed by atoms with Crippen molar-refractivity contribution in [2.24, 2.45) is 5.73 Å². The van der Waals surface area contributed by atoms with E-state index in [2.05, 4.69) is 57.2 Å². The topological polar surface area (TPSA) is 82.9 Å². The Kier molecular flexibility index (Phi) is 6.87. The largest absolute Gasteiger partial charge is 0.401 e. The fourth-order valence-corrected chi connectivity index (χ4v) is 4.60. The van der Waals surface area contributed by atoms with Gasteiger partial charge in [0.05, 0.1) is 21.4 Å². The van der Waals surface area contributed by atoms with Crippen LogP contribution in [0.25, 0.3) is 26.8 Å². The molecule has 4 N–H and O–H groups in total. The molecule has 0 spiro atoms. The molecule has 5 rings (SSSR count). The molecule has 0 aliphatic heterocycles. The fraction of sp³-hybridized carbons (Fsp3) is 0.280. The number of aromatic nitrogens is 3. The van der Waals surface area contributed by atoms with Crippen molar-refractivity contribution < 1.29 is 0 Å². The molecule has 0 saturated carbocycles. The van der Waals surface area contributed by atoms with Gasteiger partial charge in [-0.05, 0) is 75.7 Å². The smallest absolute Gasteiger partial charge is 0.139 e. The van der Waals surface area contributed by atoms with Crippen LogP contribution in [0.1, 0.15) is 31.4 Å². The summed E-state index contributed by atoms with van der Waals surface area (Å²) in [6.07, 6.45) is 9.11. The van der Waals surface area contributed by atoms with Gasteiger partial charge in [-0.3, -0.25) is 0 Å². The number of hydrogen-bond acceptors (Lipinski definition) is 6. The molecule has 4 aromatic rings. The lowest BCUT2D eigenvalue weighted by molar-refractivity contribution is 0.444. The lowest BCUT2D eigenvalue weighted by Gasteiger charge is -2.10. The molecule has 32 heavy (non-hydrogen) atoms. The maximum Gasteiger partial charge on any atom is 0.139 e. The van der Waals surface area contributed by atoms with E-state index in [1.165, 1.54) is 35.2 Å². The van der Waals surface area contributed by atoms with Gasteiger partial charge in [-0.2, -0.15) is 0 Å². The minimum absolute atomic E-state index is 0.713.